The fourth-order valence-corrected chi connectivity index (χ4v) is 6.17. The molecule has 0 bridgehead atoms. The minimum absolute atomic E-state index is 0.0888. The third kappa shape index (κ3) is 5.04. The van der Waals surface area contributed by atoms with E-state index < -0.39 is 29.7 Å². The van der Waals surface area contributed by atoms with Crippen molar-refractivity contribution in [3.05, 3.63) is 71.9 Å². The van der Waals surface area contributed by atoms with Crippen LogP contribution < -0.4 is 16.0 Å². The Kier molecular flexibility index (Phi) is 6.72. The van der Waals surface area contributed by atoms with Gasteiger partial charge < -0.3 is 16.0 Å². The van der Waals surface area contributed by atoms with Gasteiger partial charge in [-0.1, -0.05) is 0 Å². The van der Waals surface area contributed by atoms with Crippen molar-refractivity contribution < 1.29 is 19.2 Å². The zero-order valence-electron chi connectivity index (χ0n) is 23.4. The van der Waals surface area contributed by atoms with E-state index in [4.69, 9.17) is 5.41 Å². The molecule has 2 aliphatic heterocycles. The summed E-state index contributed by atoms with van der Waals surface area (Å²) in [5.41, 5.74) is 3.50. The molecule has 4 aliphatic rings. The number of hydrogen-bond acceptors (Lipinski definition) is 9. The van der Waals surface area contributed by atoms with Gasteiger partial charge in [0.05, 0.1) is 16.8 Å². The highest BCUT2D eigenvalue weighted by Crippen LogP contribution is 2.37. The third-order valence-corrected chi connectivity index (χ3v) is 8.83. The second-order valence-electron chi connectivity index (χ2n) is 11.8. The first-order chi connectivity index (χ1) is 20.9. The first kappa shape index (κ1) is 26.9. The number of pyridine rings is 2. The van der Waals surface area contributed by atoms with Gasteiger partial charge in [-0.05, 0) is 73.7 Å². The van der Waals surface area contributed by atoms with Gasteiger partial charge in [-0.25, -0.2) is 0 Å². The predicted octanol–water partition coefficient (Wildman–Crippen LogP) is 3.28. The summed E-state index contributed by atoms with van der Waals surface area (Å²) in [5.74, 6) is -1.33. The number of imide groups is 2. The maximum atomic E-state index is 13.1. The number of anilines is 1. The highest BCUT2D eigenvalue weighted by Gasteiger charge is 2.44. The van der Waals surface area contributed by atoms with E-state index >= 15 is 0 Å². The molecule has 1 unspecified atom stereocenters. The number of carbonyl (C=O) groups is 4. The Morgan fingerprint density at radius 3 is 2.60 bits per heavy atom. The number of hydrogen-bond donors (Lipinski definition) is 4. The van der Waals surface area contributed by atoms with Gasteiger partial charge in [0.25, 0.3) is 11.8 Å². The Bertz CT molecular complexity index is 1720. The van der Waals surface area contributed by atoms with Crippen molar-refractivity contribution >= 4 is 51.4 Å². The molecule has 11 heteroatoms. The molecule has 2 saturated carbocycles. The van der Waals surface area contributed by atoms with Gasteiger partial charge in [0, 0.05) is 72.1 Å². The number of allylic oxidation sites excluding steroid dienone is 1. The Labute approximate surface area is 247 Å². The maximum Gasteiger partial charge on any atom is 0.262 e. The molecule has 1 saturated heterocycles. The number of carbonyl (C=O) groups excluding carboxylic acids is 4. The van der Waals surface area contributed by atoms with E-state index in [0.29, 0.717) is 18.2 Å². The molecule has 4 heterocycles. The topological polar surface area (TPSA) is 157 Å². The average molecular weight is 578 g/mol. The summed E-state index contributed by atoms with van der Waals surface area (Å²) in [6.45, 7) is 0.709. The van der Waals surface area contributed by atoms with E-state index in [1.165, 1.54) is 0 Å². The van der Waals surface area contributed by atoms with Crippen LogP contribution in [0.2, 0.25) is 0 Å². The van der Waals surface area contributed by atoms with Crippen LogP contribution in [0.1, 0.15) is 64.9 Å². The monoisotopic (exact) mass is 577 g/mol. The number of nitrogens with one attached hydrogen (secondary N) is 4. The van der Waals surface area contributed by atoms with Gasteiger partial charge in [-0.2, -0.15) is 0 Å². The summed E-state index contributed by atoms with van der Waals surface area (Å²) in [5, 5.41) is 19.9. The standard InChI is InChI=1S/C32H31N7O4/c33-28(19-1-2-19)25(29-24-15-34-9-7-18(24)8-10-35-29)16-37-21-11-17(12-21)14-36-20-3-4-22-23(13-20)32(43)39(31(22)42)26-5-6-27(40)38-30(26)41/h3-4,7-10,13,15-17,19,21,26,33,36-37H,1-2,5-6,11-12,14H2,(H,38,40,41)/b25-16+,33-28?. The Balaban J connectivity index is 0.971. The third-order valence-electron chi connectivity index (χ3n) is 8.83. The minimum Gasteiger partial charge on any atom is -0.388 e. The number of fused-ring (bicyclic) bond motifs is 2. The molecular formula is C32H31N7O4. The maximum absolute atomic E-state index is 13.1. The number of benzene rings is 1. The zero-order chi connectivity index (χ0) is 29.7. The van der Waals surface area contributed by atoms with E-state index in [-0.39, 0.29) is 35.9 Å². The van der Waals surface area contributed by atoms with Crippen LogP contribution in [0.15, 0.2) is 55.1 Å². The molecule has 3 aromatic rings. The Morgan fingerprint density at radius 1 is 1.02 bits per heavy atom. The van der Waals surface area contributed by atoms with E-state index in [0.717, 1.165) is 58.3 Å². The highest BCUT2D eigenvalue weighted by atomic mass is 16.2. The van der Waals surface area contributed by atoms with E-state index in [1.54, 1.807) is 30.6 Å². The second-order valence-corrected chi connectivity index (χ2v) is 11.8. The lowest BCUT2D eigenvalue weighted by Gasteiger charge is -2.36. The smallest absolute Gasteiger partial charge is 0.262 e. The van der Waals surface area contributed by atoms with Gasteiger partial charge in [-0.3, -0.25) is 39.4 Å². The fourth-order valence-electron chi connectivity index (χ4n) is 6.17. The molecule has 4 amide bonds. The molecule has 1 atom stereocenters. The van der Waals surface area contributed by atoms with Crippen molar-refractivity contribution in [2.24, 2.45) is 11.8 Å². The second kappa shape index (κ2) is 10.7. The first-order valence-corrected chi connectivity index (χ1v) is 14.7. The largest absolute Gasteiger partial charge is 0.388 e. The molecular weight excluding hydrogens is 546 g/mol. The first-order valence-electron chi connectivity index (χ1n) is 14.7. The molecule has 7 rings (SSSR count). The Hall–Kier alpha value is -4.93. The summed E-state index contributed by atoms with van der Waals surface area (Å²) in [6, 6.07) is 8.28. The van der Waals surface area contributed by atoms with Crippen molar-refractivity contribution in [3.8, 4) is 0 Å². The Morgan fingerprint density at radius 2 is 1.81 bits per heavy atom. The van der Waals surface area contributed by atoms with E-state index in [2.05, 4.69) is 25.9 Å². The van der Waals surface area contributed by atoms with Crippen molar-refractivity contribution in [1.29, 1.82) is 5.41 Å². The van der Waals surface area contributed by atoms with Gasteiger partial charge in [0.1, 0.15) is 6.04 Å². The van der Waals surface area contributed by atoms with Crippen molar-refractivity contribution in [3.63, 3.8) is 0 Å². The van der Waals surface area contributed by atoms with Crippen LogP contribution >= 0.6 is 0 Å². The molecule has 0 radical (unpaired) electrons. The molecule has 43 heavy (non-hydrogen) atoms. The SMILES string of the molecule is N=C(/C(=C\NC1CC(CNc2ccc3c(c2)C(=O)N(C2CCC(=O)NC2=O)C3=O)C1)c1nccc2ccncc12)C1CC1. The number of piperidine rings is 1. The average Bonchev–Trinajstić information content (AvgIpc) is 3.81. The molecule has 4 N–H and O–H groups in total. The van der Waals surface area contributed by atoms with E-state index in [9.17, 15) is 19.2 Å². The summed E-state index contributed by atoms with van der Waals surface area (Å²) < 4.78 is 0. The molecule has 11 nitrogen and oxygen atoms in total. The normalized spacial score (nSPS) is 23.6. The van der Waals surface area contributed by atoms with Crippen LogP contribution in [0.4, 0.5) is 5.69 Å². The molecule has 3 fully saturated rings. The molecule has 1 aromatic carbocycles. The number of rotatable bonds is 9. The zero-order valence-corrected chi connectivity index (χ0v) is 23.4. The van der Waals surface area contributed by atoms with E-state index in [1.807, 2.05) is 24.5 Å². The lowest BCUT2D eigenvalue weighted by molar-refractivity contribution is -0.136. The van der Waals surface area contributed by atoms with Crippen LogP contribution in [-0.4, -0.2) is 62.8 Å². The summed E-state index contributed by atoms with van der Waals surface area (Å²) in [4.78, 5) is 59.7. The molecule has 2 aromatic heterocycles. The minimum atomic E-state index is -0.975. The van der Waals surface area contributed by atoms with Crippen molar-refractivity contribution in [1.82, 2.24) is 25.5 Å². The van der Waals surface area contributed by atoms with Crippen molar-refractivity contribution in [2.45, 2.75) is 50.6 Å². The molecule has 0 spiro atoms. The number of amides is 4. The number of aromatic nitrogens is 2. The van der Waals surface area contributed by atoms with Gasteiger partial charge >= 0.3 is 0 Å². The lowest BCUT2D eigenvalue weighted by Crippen LogP contribution is -2.54. The summed E-state index contributed by atoms with van der Waals surface area (Å²) >= 11 is 0. The summed E-state index contributed by atoms with van der Waals surface area (Å²) in [7, 11) is 0. The quantitative estimate of drug-likeness (QED) is 0.223. The molecule has 2 aliphatic carbocycles. The number of nitrogens with zero attached hydrogens (tertiary/aromatic N) is 3. The van der Waals surface area contributed by atoms with Crippen LogP contribution in [0.5, 0.6) is 0 Å². The lowest BCUT2D eigenvalue weighted by atomic mass is 9.80. The van der Waals surface area contributed by atoms with Gasteiger partial charge in [0.15, 0.2) is 0 Å². The van der Waals surface area contributed by atoms with Crippen molar-refractivity contribution in [2.75, 3.05) is 11.9 Å². The fraction of sp³-hybridized carbons (Fsp3) is 0.344. The van der Waals surface area contributed by atoms with Gasteiger partial charge in [0.2, 0.25) is 11.8 Å². The van der Waals surface area contributed by atoms with Crippen LogP contribution in [-0.2, 0) is 9.59 Å². The van der Waals surface area contributed by atoms with Crippen LogP contribution in [0.25, 0.3) is 16.3 Å². The molecule has 218 valence electrons. The van der Waals surface area contributed by atoms with Crippen LogP contribution in [0, 0.1) is 17.2 Å². The van der Waals surface area contributed by atoms with Crippen LogP contribution in [0.3, 0.4) is 0 Å². The summed E-state index contributed by atoms with van der Waals surface area (Å²) in [6.07, 6.45) is 11.5. The van der Waals surface area contributed by atoms with Gasteiger partial charge in [-0.15, -0.1) is 0 Å². The predicted molar refractivity (Wildman–Crippen MR) is 159 cm³/mol. The highest BCUT2D eigenvalue weighted by molar-refractivity contribution is 6.26.